The quantitative estimate of drug-likeness (QED) is 0.620. The van der Waals surface area contributed by atoms with Gasteiger partial charge in [-0.3, -0.25) is 4.79 Å². The highest BCUT2D eigenvalue weighted by Gasteiger charge is 2.09. The lowest BCUT2D eigenvalue weighted by atomic mass is 10.3. The third-order valence-electron chi connectivity index (χ3n) is 2.00. The van der Waals surface area contributed by atoms with Crippen molar-refractivity contribution < 1.29 is 9.18 Å². The number of carbonyl (C=O) groups excluding carboxylic acids is 1. The van der Waals surface area contributed by atoms with E-state index in [0.29, 0.717) is 11.8 Å². The highest BCUT2D eigenvalue weighted by Crippen LogP contribution is 2.16. The first-order valence-corrected chi connectivity index (χ1v) is 3.80. The van der Waals surface area contributed by atoms with Gasteiger partial charge in [0.05, 0.1) is 5.52 Å². The van der Waals surface area contributed by atoms with Crippen LogP contribution in [0.15, 0.2) is 18.2 Å². The Morgan fingerprint density at radius 1 is 1.54 bits per heavy atom. The van der Waals surface area contributed by atoms with Gasteiger partial charge < -0.3 is 4.57 Å². The van der Waals surface area contributed by atoms with Crippen LogP contribution in [0.4, 0.5) is 4.39 Å². The Labute approximate surface area is 73.8 Å². The van der Waals surface area contributed by atoms with E-state index in [-0.39, 0.29) is 11.3 Å². The number of fused-ring (bicyclic) bond motifs is 1. The summed E-state index contributed by atoms with van der Waals surface area (Å²) in [6, 6.07) is 4.64. The van der Waals surface area contributed by atoms with Gasteiger partial charge in [0, 0.05) is 7.05 Å². The Morgan fingerprint density at radius 2 is 2.31 bits per heavy atom. The molecule has 1 heterocycles. The Balaban J connectivity index is 2.91. The third-order valence-corrected chi connectivity index (χ3v) is 2.00. The van der Waals surface area contributed by atoms with E-state index >= 15 is 0 Å². The second kappa shape index (κ2) is 2.65. The molecule has 13 heavy (non-hydrogen) atoms. The number of aromatic nitrogens is 2. The molecule has 0 saturated carbocycles. The molecule has 0 saturated heterocycles. The molecule has 2 aromatic rings. The second-order valence-electron chi connectivity index (χ2n) is 2.75. The zero-order chi connectivity index (χ0) is 9.42. The van der Waals surface area contributed by atoms with Crippen molar-refractivity contribution in [1.29, 1.82) is 0 Å². The number of carbonyl (C=O) groups is 1. The molecule has 0 bridgehead atoms. The normalized spacial score (nSPS) is 10.6. The van der Waals surface area contributed by atoms with Crippen LogP contribution in [0, 0.1) is 5.82 Å². The lowest BCUT2D eigenvalue weighted by Gasteiger charge is -1.94. The largest absolute Gasteiger partial charge is 0.325 e. The standard InChI is InChI=1S/C9H7FN2O/c1-12-7-4-2-3-6(10)9(7)11-8(12)5-13/h2-5H,1H3. The van der Waals surface area contributed by atoms with Crippen molar-refractivity contribution in [2.24, 2.45) is 7.05 Å². The smallest absolute Gasteiger partial charge is 0.185 e. The summed E-state index contributed by atoms with van der Waals surface area (Å²) in [4.78, 5) is 14.4. The van der Waals surface area contributed by atoms with Crippen LogP contribution in [0.3, 0.4) is 0 Å². The van der Waals surface area contributed by atoms with Crippen molar-refractivity contribution in [3.8, 4) is 0 Å². The summed E-state index contributed by atoms with van der Waals surface area (Å²) in [5.41, 5.74) is 0.870. The van der Waals surface area contributed by atoms with Crippen LogP contribution in [0.1, 0.15) is 10.6 Å². The molecule has 1 aromatic heterocycles. The molecule has 0 spiro atoms. The fraction of sp³-hybridized carbons (Fsp3) is 0.111. The van der Waals surface area contributed by atoms with E-state index in [1.165, 1.54) is 6.07 Å². The third kappa shape index (κ3) is 1.02. The zero-order valence-corrected chi connectivity index (χ0v) is 6.99. The monoisotopic (exact) mass is 178 g/mol. The average molecular weight is 178 g/mol. The number of aryl methyl sites for hydroxylation is 1. The van der Waals surface area contributed by atoms with Gasteiger partial charge in [-0.25, -0.2) is 9.37 Å². The summed E-state index contributed by atoms with van der Waals surface area (Å²) < 4.78 is 14.7. The fourth-order valence-electron chi connectivity index (χ4n) is 1.30. The van der Waals surface area contributed by atoms with Gasteiger partial charge in [-0.05, 0) is 12.1 Å². The molecule has 4 heteroatoms. The van der Waals surface area contributed by atoms with Crippen molar-refractivity contribution in [3.05, 3.63) is 29.8 Å². The summed E-state index contributed by atoms with van der Waals surface area (Å²) in [6.45, 7) is 0. The Kier molecular flexibility index (Phi) is 1.62. The van der Waals surface area contributed by atoms with Gasteiger partial charge in [-0.1, -0.05) is 6.07 Å². The van der Waals surface area contributed by atoms with E-state index in [1.807, 2.05) is 0 Å². The van der Waals surface area contributed by atoms with Crippen molar-refractivity contribution in [2.75, 3.05) is 0 Å². The molecule has 0 aliphatic heterocycles. The van der Waals surface area contributed by atoms with Crippen LogP contribution in [0.25, 0.3) is 11.0 Å². The van der Waals surface area contributed by atoms with Crippen LogP contribution in [-0.2, 0) is 7.05 Å². The SMILES string of the molecule is Cn1c(C=O)nc2c(F)cccc21. The van der Waals surface area contributed by atoms with Gasteiger partial charge in [0.15, 0.2) is 17.9 Å². The fourth-order valence-corrected chi connectivity index (χ4v) is 1.30. The zero-order valence-electron chi connectivity index (χ0n) is 6.99. The van der Waals surface area contributed by atoms with Gasteiger partial charge >= 0.3 is 0 Å². The van der Waals surface area contributed by atoms with Crippen molar-refractivity contribution >= 4 is 17.3 Å². The lowest BCUT2D eigenvalue weighted by Crippen LogP contribution is -1.94. The first kappa shape index (κ1) is 7.91. The van der Waals surface area contributed by atoms with Crippen LogP contribution in [-0.4, -0.2) is 15.8 Å². The molecule has 0 amide bonds. The molecule has 2 rings (SSSR count). The maximum Gasteiger partial charge on any atom is 0.185 e. The van der Waals surface area contributed by atoms with Gasteiger partial charge in [-0.2, -0.15) is 0 Å². The first-order chi connectivity index (χ1) is 6.24. The van der Waals surface area contributed by atoms with Crippen LogP contribution in [0.5, 0.6) is 0 Å². The number of hydrogen-bond donors (Lipinski definition) is 0. The molecule has 0 aliphatic rings. The van der Waals surface area contributed by atoms with Crippen molar-refractivity contribution in [3.63, 3.8) is 0 Å². The van der Waals surface area contributed by atoms with Gasteiger partial charge in [-0.15, -0.1) is 0 Å². The molecule has 66 valence electrons. The highest BCUT2D eigenvalue weighted by atomic mass is 19.1. The summed E-state index contributed by atoms with van der Waals surface area (Å²) in [5.74, 6) is -0.165. The maximum atomic E-state index is 13.1. The maximum absolute atomic E-state index is 13.1. The number of nitrogens with zero attached hydrogens (tertiary/aromatic N) is 2. The number of hydrogen-bond acceptors (Lipinski definition) is 2. The molecule has 0 radical (unpaired) electrons. The van der Waals surface area contributed by atoms with E-state index in [9.17, 15) is 9.18 Å². The van der Waals surface area contributed by atoms with Gasteiger partial charge in [0.1, 0.15) is 5.52 Å². The number of halogens is 1. The van der Waals surface area contributed by atoms with E-state index in [2.05, 4.69) is 4.98 Å². The Bertz CT molecular complexity index is 476. The number of rotatable bonds is 1. The van der Waals surface area contributed by atoms with Crippen molar-refractivity contribution in [1.82, 2.24) is 9.55 Å². The summed E-state index contributed by atoms with van der Waals surface area (Å²) in [6.07, 6.45) is 0.611. The molecule has 0 fully saturated rings. The van der Waals surface area contributed by atoms with E-state index < -0.39 is 5.82 Å². The summed E-state index contributed by atoms with van der Waals surface area (Å²) >= 11 is 0. The topological polar surface area (TPSA) is 34.9 Å². The number of para-hydroxylation sites is 1. The van der Waals surface area contributed by atoms with Gasteiger partial charge in [0.2, 0.25) is 0 Å². The van der Waals surface area contributed by atoms with Crippen LogP contribution >= 0.6 is 0 Å². The number of imidazole rings is 1. The van der Waals surface area contributed by atoms with Gasteiger partial charge in [0.25, 0.3) is 0 Å². The van der Waals surface area contributed by atoms with Crippen LogP contribution < -0.4 is 0 Å². The predicted octanol–water partition coefficient (Wildman–Crippen LogP) is 1.52. The van der Waals surface area contributed by atoms with Crippen LogP contribution in [0.2, 0.25) is 0 Å². The summed E-state index contributed by atoms with van der Waals surface area (Å²) in [5, 5.41) is 0. The van der Waals surface area contributed by atoms with E-state index in [1.54, 1.807) is 23.7 Å². The first-order valence-electron chi connectivity index (χ1n) is 3.80. The molecule has 0 N–H and O–H groups in total. The van der Waals surface area contributed by atoms with E-state index in [0.717, 1.165) is 0 Å². The lowest BCUT2D eigenvalue weighted by molar-refractivity contribution is 0.111. The molecule has 3 nitrogen and oxygen atoms in total. The molecule has 0 unspecified atom stereocenters. The highest BCUT2D eigenvalue weighted by molar-refractivity contribution is 5.83. The minimum Gasteiger partial charge on any atom is -0.325 e. The van der Waals surface area contributed by atoms with E-state index in [4.69, 9.17) is 0 Å². The second-order valence-corrected chi connectivity index (χ2v) is 2.75. The number of benzene rings is 1. The Morgan fingerprint density at radius 3 is 2.92 bits per heavy atom. The average Bonchev–Trinajstić information content (AvgIpc) is 2.45. The van der Waals surface area contributed by atoms with Crippen molar-refractivity contribution in [2.45, 2.75) is 0 Å². The molecular formula is C9H7FN2O. The minimum atomic E-state index is -0.402. The number of aldehydes is 1. The molecule has 1 aromatic carbocycles. The minimum absolute atomic E-state index is 0.236. The summed E-state index contributed by atoms with van der Waals surface area (Å²) in [7, 11) is 1.68. The molecular weight excluding hydrogens is 171 g/mol. The predicted molar refractivity (Wildman–Crippen MR) is 46.1 cm³/mol. The molecule has 0 atom stereocenters. The Hall–Kier alpha value is -1.71. The molecule has 0 aliphatic carbocycles.